The van der Waals surface area contributed by atoms with Crippen molar-refractivity contribution in [1.82, 2.24) is 4.98 Å². The van der Waals surface area contributed by atoms with Gasteiger partial charge in [0.2, 0.25) is 5.88 Å². The number of methoxy groups -OCH3 is 1. The molecule has 0 aliphatic heterocycles. The highest BCUT2D eigenvalue weighted by Gasteiger charge is 1.97. The minimum Gasteiger partial charge on any atom is -0.481 e. The van der Waals surface area contributed by atoms with Crippen molar-refractivity contribution < 1.29 is 4.74 Å². The van der Waals surface area contributed by atoms with Crippen molar-refractivity contribution in [1.29, 1.82) is 0 Å². The van der Waals surface area contributed by atoms with E-state index in [1.165, 1.54) is 32.1 Å². The molecule has 0 unspecified atom stereocenters. The number of aromatic nitrogens is 1. The summed E-state index contributed by atoms with van der Waals surface area (Å²) < 4.78 is 5.09. The number of nitrogens with zero attached hydrogens (tertiary/aromatic N) is 1. The monoisotopic (exact) mass is 207 g/mol. The van der Waals surface area contributed by atoms with Crippen LogP contribution in [0.3, 0.4) is 0 Å². The second kappa shape index (κ2) is 7.27. The molecule has 0 aliphatic rings. The van der Waals surface area contributed by atoms with Crippen LogP contribution in [-0.2, 0) is 6.42 Å². The third-order valence-electron chi connectivity index (χ3n) is 2.53. The molecule has 1 rings (SSSR count). The molecular formula is C13H21NO. The predicted molar refractivity (Wildman–Crippen MR) is 63.3 cm³/mol. The predicted octanol–water partition coefficient (Wildman–Crippen LogP) is 3.60. The maximum Gasteiger partial charge on any atom is 0.213 e. The third kappa shape index (κ3) is 4.82. The molecule has 0 radical (unpaired) electrons. The Morgan fingerprint density at radius 2 is 1.93 bits per heavy atom. The zero-order valence-electron chi connectivity index (χ0n) is 9.83. The minimum atomic E-state index is 0.723. The maximum atomic E-state index is 5.09. The van der Waals surface area contributed by atoms with Gasteiger partial charge in [0.25, 0.3) is 0 Å². The largest absolute Gasteiger partial charge is 0.481 e. The van der Waals surface area contributed by atoms with Gasteiger partial charge in [0, 0.05) is 11.8 Å². The molecule has 84 valence electrons. The van der Waals surface area contributed by atoms with Crippen molar-refractivity contribution in [2.75, 3.05) is 7.11 Å². The van der Waals surface area contributed by atoms with Gasteiger partial charge in [-0.05, 0) is 18.9 Å². The molecule has 1 aromatic rings. The highest BCUT2D eigenvalue weighted by atomic mass is 16.5. The second-order valence-electron chi connectivity index (χ2n) is 3.84. The maximum absolute atomic E-state index is 5.09. The van der Waals surface area contributed by atoms with Gasteiger partial charge >= 0.3 is 0 Å². The first-order valence-corrected chi connectivity index (χ1v) is 5.86. The van der Waals surface area contributed by atoms with Crippen LogP contribution < -0.4 is 4.74 Å². The Hall–Kier alpha value is -1.05. The van der Waals surface area contributed by atoms with Gasteiger partial charge in [-0.3, -0.25) is 0 Å². The van der Waals surface area contributed by atoms with E-state index >= 15 is 0 Å². The van der Waals surface area contributed by atoms with Crippen LogP contribution in [0.1, 0.15) is 44.7 Å². The van der Waals surface area contributed by atoms with E-state index < -0.39 is 0 Å². The normalized spacial score (nSPS) is 10.3. The lowest BCUT2D eigenvalue weighted by atomic mass is 10.1. The van der Waals surface area contributed by atoms with Crippen molar-refractivity contribution in [2.45, 2.75) is 45.4 Å². The summed E-state index contributed by atoms with van der Waals surface area (Å²) in [5, 5.41) is 0. The molecule has 0 aromatic carbocycles. The summed E-state index contributed by atoms with van der Waals surface area (Å²) in [6, 6.07) is 5.97. The summed E-state index contributed by atoms with van der Waals surface area (Å²) in [4.78, 5) is 4.39. The van der Waals surface area contributed by atoms with Gasteiger partial charge in [-0.2, -0.15) is 0 Å². The first kappa shape index (κ1) is 12.0. The Kier molecular flexibility index (Phi) is 5.83. The summed E-state index contributed by atoms with van der Waals surface area (Å²) in [6.45, 7) is 2.24. The van der Waals surface area contributed by atoms with E-state index in [2.05, 4.69) is 18.0 Å². The quantitative estimate of drug-likeness (QED) is 0.637. The molecule has 0 N–H and O–H groups in total. The average molecular weight is 207 g/mol. The van der Waals surface area contributed by atoms with Crippen LogP contribution in [0.25, 0.3) is 0 Å². The first-order chi connectivity index (χ1) is 7.36. The minimum absolute atomic E-state index is 0.723. The van der Waals surface area contributed by atoms with Crippen LogP contribution in [0.4, 0.5) is 0 Å². The van der Waals surface area contributed by atoms with Crippen molar-refractivity contribution in [2.24, 2.45) is 0 Å². The Balaban J connectivity index is 2.24. The standard InChI is InChI=1S/C13H21NO/c1-3-4-5-6-7-9-12-10-8-11-13(14-12)15-2/h8,10-11H,3-7,9H2,1-2H3. The molecular weight excluding hydrogens is 186 g/mol. The number of rotatable bonds is 7. The number of aryl methyl sites for hydroxylation is 1. The van der Waals surface area contributed by atoms with Crippen LogP contribution >= 0.6 is 0 Å². The van der Waals surface area contributed by atoms with E-state index in [1.54, 1.807) is 7.11 Å². The Morgan fingerprint density at radius 1 is 1.13 bits per heavy atom. The number of hydrogen-bond donors (Lipinski definition) is 0. The molecule has 0 aliphatic carbocycles. The van der Waals surface area contributed by atoms with Gasteiger partial charge in [-0.15, -0.1) is 0 Å². The van der Waals surface area contributed by atoms with Crippen LogP contribution in [0.2, 0.25) is 0 Å². The summed E-state index contributed by atoms with van der Waals surface area (Å²) in [6.07, 6.45) is 7.62. The van der Waals surface area contributed by atoms with E-state index in [4.69, 9.17) is 4.74 Å². The van der Waals surface area contributed by atoms with E-state index in [-0.39, 0.29) is 0 Å². The van der Waals surface area contributed by atoms with E-state index in [1.807, 2.05) is 12.1 Å². The number of pyridine rings is 1. The molecule has 0 saturated carbocycles. The number of hydrogen-bond acceptors (Lipinski definition) is 2. The number of unbranched alkanes of at least 4 members (excludes halogenated alkanes) is 4. The van der Waals surface area contributed by atoms with Gasteiger partial charge in [-0.1, -0.05) is 38.7 Å². The highest BCUT2D eigenvalue weighted by Crippen LogP contribution is 2.10. The molecule has 0 atom stereocenters. The van der Waals surface area contributed by atoms with Crippen LogP contribution in [-0.4, -0.2) is 12.1 Å². The molecule has 2 heteroatoms. The summed E-state index contributed by atoms with van der Waals surface area (Å²) in [5.74, 6) is 0.723. The fraction of sp³-hybridized carbons (Fsp3) is 0.615. The highest BCUT2D eigenvalue weighted by molar-refractivity contribution is 5.15. The lowest BCUT2D eigenvalue weighted by molar-refractivity contribution is 0.396. The van der Waals surface area contributed by atoms with E-state index in [9.17, 15) is 0 Å². The van der Waals surface area contributed by atoms with Crippen LogP contribution in [0.15, 0.2) is 18.2 Å². The third-order valence-corrected chi connectivity index (χ3v) is 2.53. The van der Waals surface area contributed by atoms with Gasteiger partial charge in [-0.25, -0.2) is 4.98 Å². The van der Waals surface area contributed by atoms with Gasteiger partial charge in [0.15, 0.2) is 0 Å². The fourth-order valence-electron chi connectivity index (χ4n) is 1.62. The molecule has 1 heterocycles. The zero-order chi connectivity index (χ0) is 10.9. The van der Waals surface area contributed by atoms with Crippen LogP contribution in [0.5, 0.6) is 5.88 Å². The molecule has 0 saturated heterocycles. The summed E-state index contributed by atoms with van der Waals surface area (Å²) in [7, 11) is 1.66. The van der Waals surface area contributed by atoms with Crippen molar-refractivity contribution in [3.05, 3.63) is 23.9 Å². The Bertz CT molecular complexity index is 273. The fourth-order valence-corrected chi connectivity index (χ4v) is 1.62. The van der Waals surface area contributed by atoms with Crippen molar-refractivity contribution in [3.8, 4) is 5.88 Å². The summed E-state index contributed by atoms with van der Waals surface area (Å²) >= 11 is 0. The van der Waals surface area contributed by atoms with Crippen molar-refractivity contribution >= 4 is 0 Å². The van der Waals surface area contributed by atoms with Crippen LogP contribution in [0, 0.1) is 0 Å². The van der Waals surface area contributed by atoms with Gasteiger partial charge in [0.05, 0.1) is 7.11 Å². The lowest BCUT2D eigenvalue weighted by Crippen LogP contribution is -1.93. The molecule has 0 fully saturated rings. The van der Waals surface area contributed by atoms with Crippen molar-refractivity contribution in [3.63, 3.8) is 0 Å². The molecule has 2 nitrogen and oxygen atoms in total. The molecule has 1 aromatic heterocycles. The molecule has 0 spiro atoms. The van der Waals surface area contributed by atoms with Gasteiger partial charge in [0.1, 0.15) is 0 Å². The lowest BCUT2D eigenvalue weighted by Gasteiger charge is -2.03. The zero-order valence-corrected chi connectivity index (χ0v) is 9.83. The van der Waals surface area contributed by atoms with E-state index in [0.717, 1.165) is 18.0 Å². The van der Waals surface area contributed by atoms with Gasteiger partial charge < -0.3 is 4.74 Å². The molecule has 0 amide bonds. The van der Waals surface area contributed by atoms with E-state index in [0.29, 0.717) is 0 Å². The number of ether oxygens (including phenoxy) is 1. The topological polar surface area (TPSA) is 22.1 Å². The average Bonchev–Trinajstić information content (AvgIpc) is 2.29. The second-order valence-corrected chi connectivity index (χ2v) is 3.84. The Morgan fingerprint density at radius 3 is 2.67 bits per heavy atom. The Labute approximate surface area is 92.7 Å². The SMILES string of the molecule is CCCCCCCc1cccc(OC)n1. The molecule has 0 bridgehead atoms. The smallest absolute Gasteiger partial charge is 0.213 e. The summed E-state index contributed by atoms with van der Waals surface area (Å²) in [5.41, 5.74) is 1.14. The first-order valence-electron chi connectivity index (χ1n) is 5.86. The molecule has 15 heavy (non-hydrogen) atoms.